The standard InChI is InChI=1S/C23H25N3O2/c1-5-18-16(4)21(17-11-6-7-12-19(17)25-18)23(28)24-13-20(27)26-22-14(2)9-8-10-15(22)3/h6-12H,5,13H2,1-4H3,(H,24,28)(H,26,27). The Bertz CT molecular complexity index is 1040. The van der Waals surface area contributed by atoms with Crippen LogP contribution in [0.4, 0.5) is 5.69 Å². The van der Waals surface area contributed by atoms with Gasteiger partial charge < -0.3 is 10.6 Å². The fourth-order valence-electron chi connectivity index (χ4n) is 3.44. The monoisotopic (exact) mass is 375 g/mol. The first-order chi connectivity index (χ1) is 13.4. The predicted molar refractivity (Wildman–Crippen MR) is 113 cm³/mol. The molecule has 3 rings (SSSR count). The van der Waals surface area contributed by atoms with Crippen molar-refractivity contribution >= 4 is 28.4 Å². The number of carbonyl (C=O) groups is 2. The topological polar surface area (TPSA) is 71.1 Å². The molecule has 0 aliphatic rings. The molecule has 0 aliphatic carbocycles. The Morgan fingerprint density at radius 1 is 0.964 bits per heavy atom. The van der Waals surface area contributed by atoms with Gasteiger partial charge in [-0.25, -0.2) is 0 Å². The highest BCUT2D eigenvalue weighted by molar-refractivity contribution is 6.09. The Hall–Kier alpha value is -3.21. The number of aromatic nitrogens is 1. The highest BCUT2D eigenvalue weighted by atomic mass is 16.2. The molecule has 2 amide bonds. The van der Waals surface area contributed by atoms with E-state index in [4.69, 9.17) is 0 Å². The molecular weight excluding hydrogens is 350 g/mol. The zero-order valence-electron chi connectivity index (χ0n) is 16.7. The van der Waals surface area contributed by atoms with Crippen LogP contribution in [0.25, 0.3) is 10.9 Å². The molecule has 0 fully saturated rings. The number of amides is 2. The van der Waals surface area contributed by atoms with Gasteiger partial charge in [0.2, 0.25) is 5.91 Å². The molecule has 2 N–H and O–H groups in total. The van der Waals surface area contributed by atoms with E-state index in [0.717, 1.165) is 45.4 Å². The number of rotatable bonds is 5. The lowest BCUT2D eigenvalue weighted by molar-refractivity contribution is -0.115. The van der Waals surface area contributed by atoms with Gasteiger partial charge in [0, 0.05) is 16.8 Å². The fourth-order valence-corrected chi connectivity index (χ4v) is 3.44. The third-order valence-corrected chi connectivity index (χ3v) is 4.95. The summed E-state index contributed by atoms with van der Waals surface area (Å²) in [6, 6.07) is 13.4. The summed E-state index contributed by atoms with van der Waals surface area (Å²) in [7, 11) is 0. The second kappa shape index (κ2) is 8.21. The average Bonchev–Trinajstić information content (AvgIpc) is 2.68. The van der Waals surface area contributed by atoms with E-state index in [0.29, 0.717) is 5.56 Å². The Labute approximate surface area is 165 Å². The van der Waals surface area contributed by atoms with Gasteiger partial charge in [0.25, 0.3) is 5.91 Å². The number of nitrogens with one attached hydrogen (secondary N) is 2. The maximum absolute atomic E-state index is 12.9. The van der Waals surface area contributed by atoms with Crippen molar-refractivity contribution < 1.29 is 9.59 Å². The zero-order valence-corrected chi connectivity index (χ0v) is 16.7. The number of benzene rings is 2. The van der Waals surface area contributed by atoms with Crippen LogP contribution < -0.4 is 10.6 Å². The molecule has 1 aromatic heterocycles. The summed E-state index contributed by atoms with van der Waals surface area (Å²) in [4.78, 5) is 30.0. The summed E-state index contributed by atoms with van der Waals surface area (Å²) in [5, 5.41) is 6.45. The molecule has 1 heterocycles. The van der Waals surface area contributed by atoms with Gasteiger partial charge in [-0.15, -0.1) is 0 Å². The van der Waals surface area contributed by atoms with Crippen molar-refractivity contribution in [1.29, 1.82) is 0 Å². The van der Waals surface area contributed by atoms with Crippen LogP contribution >= 0.6 is 0 Å². The van der Waals surface area contributed by atoms with Crippen LogP contribution in [0.3, 0.4) is 0 Å². The summed E-state index contributed by atoms with van der Waals surface area (Å²) in [6.45, 7) is 7.72. The summed E-state index contributed by atoms with van der Waals surface area (Å²) < 4.78 is 0. The van der Waals surface area contributed by atoms with E-state index in [1.807, 2.05) is 70.2 Å². The van der Waals surface area contributed by atoms with Crippen LogP contribution in [0.2, 0.25) is 0 Å². The third-order valence-electron chi connectivity index (χ3n) is 4.95. The first-order valence-electron chi connectivity index (χ1n) is 9.44. The van der Waals surface area contributed by atoms with Crippen LogP contribution in [-0.4, -0.2) is 23.3 Å². The molecule has 5 heteroatoms. The van der Waals surface area contributed by atoms with Gasteiger partial charge in [-0.1, -0.05) is 43.3 Å². The minimum Gasteiger partial charge on any atom is -0.343 e. The van der Waals surface area contributed by atoms with E-state index in [9.17, 15) is 9.59 Å². The largest absolute Gasteiger partial charge is 0.343 e. The van der Waals surface area contributed by atoms with Crippen LogP contribution in [0.15, 0.2) is 42.5 Å². The predicted octanol–water partition coefficient (Wildman–Crippen LogP) is 4.09. The van der Waals surface area contributed by atoms with Gasteiger partial charge in [0.05, 0.1) is 17.6 Å². The van der Waals surface area contributed by atoms with E-state index in [-0.39, 0.29) is 18.4 Å². The first-order valence-corrected chi connectivity index (χ1v) is 9.44. The SMILES string of the molecule is CCc1nc2ccccc2c(C(=O)NCC(=O)Nc2c(C)cccc2C)c1C. The number of para-hydroxylation sites is 2. The lowest BCUT2D eigenvalue weighted by atomic mass is 9.99. The van der Waals surface area contributed by atoms with Crippen molar-refractivity contribution in [2.75, 3.05) is 11.9 Å². The zero-order chi connectivity index (χ0) is 20.3. The molecule has 0 radical (unpaired) electrons. The molecule has 0 bridgehead atoms. The summed E-state index contributed by atoms with van der Waals surface area (Å²) >= 11 is 0. The van der Waals surface area contributed by atoms with E-state index in [1.165, 1.54) is 0 Å². The minimum absolute atomic E-state index is 0.0931. The number of hydrogen-bond acceptors (Lipinski definition) is 3. The summed E-state index contributed by atoms with van der Waals surface area (Å²) in [6.07, 6.45) is 0.740. The summed E-state index contributed by atoms with van der Waals surface area (Å²) in [5.41, 5.74) is 5.89. The highest BCUT2D eigenvalue weighted by Crippen LogP contribution is 2.23. The molecule has 144 valence electrons. The van der Waals surface area contributed by atoms with Crippen molar-refractivity contribution in [3.8, 4) is 0 Å². The lowest BCUT2D eigenvalue weighted by Crippen LogP contribution is -2.33. The van der Waals surface area contributed by atoms with E-state index >= 15 is 0 Å². The lowest BCUT2D eigenvalue weighted by Gasteiger charge is -2.15. The van der Waals surface area contributed by atoms with E-state index in [2.05, 4.69) is 15.6 Å². The number of pyridine rings is 1. The molecule has 0 saturated carbocycles. The van der Waals surface area contributed by atoms with Gasteiger partial charge in [-0.05, 0) is 49.9 Å². The number of hydrogen-bond donors (Lipinski definition) is 2. The molecule has 2 aromatic carbocycles. The first kappa shape index (κ1) is 19.5. The van der Waals surface area contributed by atoms with Gasteiger partial charge in [0.15, 0.2) is 0 Å². The van der Waals surface area contributed by atoms with Gasteiger partial charge in [-0.2, -0.15) is 0 Å². The van der Waals surface area contributed by atoms with E-state index < -0.39 is 0 Å². The fraction of sp³-hybridized carbons (Fsp3) is 0.261. The van der Waals surface area contributed by atoms with Crippen LogP contribution in [0.5, 0.6) is 0 Å². The smallest absolute Gasteiger partial charge is 0.252 e. The molecule has 0 saturated heterocycles. The maximum atomic E-state index is 12.9. The van der Waals surface area contributed by atoms with Crippen LogP contribution in [0, 0.1) is 20.8 Å². The van der Waals surface area contributed by atoms with Crippen molar-refractivity contribution in [1.82, 2.24) is 10.3 Å². The number of nitrogens with zero attached hydrogens (tertiary/aromatic N) is 1. The second-order valence-corrected chi connectivity index (χ2v) is 6.93. The molecule has 0 unspecified atom stereocenters. The van der Waals surface area contributed by atoms with E-state index in [1.54, 1.807) is 0 Å². The Morgan fingerprint density at radius 3 is 2.32 bits per heavy atom. The minimum atomic E-state index is -0.262. The molecule has 3 aromatic rings. The van der Waals surface area contributed by atoms with Gasteiger partial charge in [0.1, 0.15) is 0 Å². The quantitative estimate of drug-likeness (QED) is 0.705. The van der Waals surface area contributed by atoms with Crippen molar-refractivity contribution in [3.05, 3.63) is 70.4 Å². The molecule has 5 nitrogen and oxygen atoms in total. The molecule has 0 spiro atoms. The molecular formula is C23H25N3O2. The van der Waals surface area contributed by atoms with Crippen molar-refractivity contribution in [2.24, 2.45) is 0 Å². The molecule has 0 atom stereocenters. The Kier molecular flexibility index (Phi) is 5.73. The van der Waals surface area contributed by atoms with Gasteiger partial charge in [-0.3, -0.25) is 14.6 Å². The average molecular weight is 375 g/mol. The normalized spacial score (nSPS) is 10.7. The maximum Gasteiger partial charge on any atom is 0.252 e. The van der Waals surface area contributed by atoms with Gasteiger partial charge >= 0.3 is 0 Å². The number of anilines is 1. The van der Waals surface area contributed by atoms with Crippen molar-refractivity contribution in [3.63, 3.8) is 0 Å². The number of aryl methyl sites for hydroxylation is 3. The number of fused-ring (bicyclic) bond motifs is 1. The highest BCUT2D eigenvalue weighted by Gasteiger charge is 2.18. The van der Waals surface area contributed by atoms with Crippen LogP contribution in [0.1, 0.15) is 39.7 Å². The van der Waals surface area contributed by atoms with Crippen molar-refractivity contribution in [2.45, 2.75) is 34.1 Å². The Morgan fingerprint density at radius 2 is 1.64 bits per heavy atom. The molecule has 0 aliphatic heterocycles. The molecule has 28 heavy (non-hydrogen) atoms. The summed E-state index contributed by atoms with van der Waals surface area (Å²) in [5.74, 6) is -0.514. The van der Waals surface area contributed by atoms with Crippen LogP contribution in [-0.2, 0) is 11.2 Å². The second-order valence-electron chi connectivity index (χ2n) is 6.93. The Balaban J connectivity index is 1.80. The third kappa shape index (κ3) is 3.88. The number of carbonyl (C=O) groups excluding carboxylic acids is 2.